The molecule has 0 N–H and O–H groups in total. The van der Waals surface area contributed by atoms with E-state index in [4.69, 9.17) is 0 Å². The summed E-state index contributed by atoms with van der Waals surface area (Å²) in [5, 5.41) is 0. The van der Waals surface area contributed by atoms with Crippen molar-refractivity contribution in [2.24, 2.45) is 5.92 Å². The molecule has 3 aromatic carbocycles. The fourth-order valence-electron chi connectivity index (χ4n) is 5.96. The Morgan fingerprint density at radius 3 is 2.38 bits per heavy atom. The van der Waals surface area contributed by atoms with E-state index < -0.39 is 5.41 Å². The highest BCUT2D eigenvalue weighted by Crippen LogP contribution is 2.48. The Morgan fingerprint density at radius 1 is 0.938 bits per heavy atom. The lowest BCUT2D eigenvalue weighted by atomic mass is 9.64. The second kappa shape index (κ2) is 8.63. The van der Waals surface area contributed by atoms with Gasteiger partial charge in [-0.2, -0.15) is 0 Å². The van der Waals surface area contributed by atoms with Crippen molar-refractivity contribution in [1.29, 1.82) is 0 Å². The lowest BCUT2D eigenvalue weighted by Crippen LogP contribution is -2.47. The normalized spacial score (nSPS) is 21.6. The molecule has 2 nitrogen and oxygen atoms in total. The first kappa shape index (κ1) is 21.1. The van der Waals surface area contributed by atoms with Gasteiger partial charge in [-0.05, 0) is 79.1 Å². The molecule has 1 heterocycles. The molecule has 1 aliphatic heterocycles. The molecule has 1 unspecified atom stereocenters. The van der Waals surface area contributed by atoms with Gasteiger partial charge < -0.3 is 0 Å². The van der Waals surface area contributed by atoms with Crippen molar-refractivity contribution in [2.45, 2.75) is 44.6 Å². The maximum Gasteiger partial charge on any atom is 0.174 e. The summed E-state index contributed by atoms with van der Waals surface area (Å²) in [6.45, 7) is 4.77. The molecule has 1 aliphatic carbocycles. The molecule has 0 bridgehead atoms. The fraction of sp³-hybridized carbons (Fsp3) is 0.345. The molecule has 0 aromatic heterocycles. The number of hydrogen-bond acceptors (Lipinski definition) is 2. The number of fused-ring (bicyclic) bond motifs is 1. The Bertz CT molecular complexity index is 1120. The molecule has 1 atom stereocenters. The van der Waals surface area contributed by atoms with Gasteiger partial charge in [0.1, 0.15) is 5.82 Å². The minimum atomic E-state index is -0.468. The smallest absolute Gasteiger partial charge is 0.174 e. The molecule has 5 rings (SSSR count). The van der Waals surface area contributed by atoms with Crippen LogP contribution in [0, 0.1) is 11.7 Å². The van der Waals surface area contributed by atoms with Crippen LogP contribution in [0.2, 0.25) is 0 Å². The van der Waals surface area contributed by atoms with Gasteiger partial charge >= 0.3 is 0 Å². The quantitative estimate of drug-likeness (QED) is 0.499. The Balaban J connectivity index is 1.39. The van der Waals surface area contributed by atoms with E-state index in [0.29, 0.717) is 5.92 Å². The molecule has 0 amide bonds. The number of carbonyl (C=O) groups excluding carboxylic acids is 1. The van der Waals surface area contributed by atoms with Crippen LogP contribution < -0.4 is 0 Å². The number of benzene rings is 3. The number of aryl methyl sites for hydroxylation is 1. The SMILES string of the molecule is CCc1ccc(F)cc1CN1CCC(C2(c3ccccc3)Cc3ccccc3C2=O)CC1. The number of carbonyl (C=O) groups is 1. The van der Waals surface area contributed by atoms with Gasteiger partial charge in [-0.3, -0.25) is 9.69 Å². The number of likely N-dealkylation sites (tertiary alicyclic amines) is 1. The van der Waals surface area contributed by atoms with Crippen molar-refractivity contribution in [1.82, 2.24) is 4.90 Å². The first-order valence-corrected chi connectivity index (χ1v) is 11.8. The van der Waals surface area contributed by atoms with Crippen molar-refractivity contribution < 1.29 is 9.18 Å². The number of Topliss-reactive ketones (excluding diaryl/α,β-unsaturated/α-hetero) is 1. The summed E-state index contributed by atoms with van der Waals surface area (Å²) in [6, 6.07) is 23.7. The maximum atomic E-state index is 13.9. The summed E-state index contributed by atoms with van der Waals surface area (Å²) in [5.41, 5.74) is 5.06. The third-order valence-electron chi connectivity index (χ3n) is 7.65. The van der Waals surface area contributed by atoms with E-state index in [1.165, 1.54) is 11.1 Å². The van der Waals surface area contributed by atoms with Crippen LogP contribution in [0.3, 0.4) is 0 Å². The highest BCUT2D eigenvalue weighted by Gasteiger charge is 2.52. The van der Waals surface area contributed by atoms with E-state index in [-0.39, 0.29) is 11.6 Å². The summed E-state index contributed by atoms with van der Waals surface area (Å²) in [5.74, 6) is 0.430. The molecular weight excluding hydrogens is 397 g/mol. The van der Waals surface area contributed by atoms with Crippen molar-refractivity contribution in [2.75, 3.05) is 13.1 Å². The van der Waals surface area contributed by atoms with Crippen LogP contribution in [0.15, 0.2) is 72.8 Å². The summed E-state index contributed by atoms with van der Waals surface area (Å²) < 4.78 is 13.9. The van der Waals surface area contributed by atoms with Gasteiger partial charge in [0.05, 0.1) is 5.41 Å². The standard InChI is InChI=1S/C29H30FNO/c1-2-21-12-13-26(30)18-23(21)20-31-16-14-25(15-17-31)29(24-9-4-3-5-10-24)19-22-8-6-7-11-27(22)28(29)32/h3-13,18,25H,2,14-17,19-20H2,1H3. The molecular formula is C29H30FNO. The predicted octanol–water partition coefficient (Wildman–Crippen LogP) is 5.98. The first-order valence-electron chi connectivity index (χ1n) is 11.8. The van der Waals surface area contributed by atoms with Gasteiger partial charge in [0.2, 0.25) is 0 Å². The molecule has 0 spiro atoms. The van der Waals surface area contributed by atoms with Crippen LogP contribution in [0.25, 0.3) is 0 Å². The van der Waals surface area contributed by atoms with Gasteiger partial charge in [0.25, 0.3) is 0 Å². The number of ketones is 1. The van der Waals surface area contributed by atoms with Crippen molar-refractivity contribution in [3.05, 3.63) is 106 Å². The van der Waals surface area contributed by atoms with Crippen molar-refractivity contribution >= 4 is 5.78 Å². The summed E-state index contributed by atoms with van der Waals surface area (Å²) in [6.07, 6.45) is 3.66. The first-order chi connectivity index (χ1) is 15.6. The van der Waals surface area contributed by atoms with Crippen LogP contribution in [0.1, 0.15) is 52.4 Å². The average molecular weight is 428 g/mol. The van der Waals surface area contributed by atoms with Crippen LogP contribution in [-0.4, -0.2) is 23.8 Å². The van der Waals surface area contributed by atoms with E-state index in [9.17, 15) is 9.18 Å². The monoisotopic (exact) mass is 427 g/mol. The van der Waals surface area contributed by atoms with E-state index >= 15 is 0 Å². The van der Waals surface area contributed by atoms with E-state index in [1.807, 2.05) is 30.3 Å². The number of halogens is 1. The molecule has 2 aliphatic rings. The van der Waals surface area contributed by atoms with E-state index in [0.717, 1.165) is 62.0 Å². The molecule has 0 radical (unpaired) electrons. The zero-order valence-electron chi connectivity index (χ0n) is 18.7. The van der Waals surface area contributed by atoms with E-state index in [2.05, 4.69) is 42.2 Å². The minimum Gasteiger partial charge on any atom is -0.299 e. The zero-order valence-corrected chi connectivity index (χ0v) is 18.7. The van der Waals surface area contributed by atoms with Crippen molar-refractivity contribution in [3.63, 3.8) is 0 Å². The highest BCUT2D eigenvalue weighted by atomic mass is 19.1. The Morgan fingerprint density at radius 2 is 1.66 bits per heavy atom. The van der Waals surface area contributed by atoms with Crippen LogP contribution >= 0.6 is 0 Å². The Hall–Kier alpha value is -2.78. The molecule has 1 saturated heterocycles. The van der Waals surface area contributed by atoms with Gasteiger partial charge in [0, 0.05) is 12.1 Å². The fourth-order valence-corrected chi connectivity index (χ4v) is 5.96. The van der Waals surface area contributed by atoms with Crippen LogP contribution in [-0.2, 0) is 24.8 Å². The molecule has 1 fully saturated rings. The molecule has 164 valence electrons. The minimum absolute atomic E-state index is 0.163. The third kappa shape index (κ3) is 3.59. The topological polar surface area (TPSA) is 20.3 Å². The molecule has 0 saturated carbocycles. The van der Waals surface area contributed by atoms with Crippen molar-refractivity contribution in [3.8, 4) is 0 Å². The molecule has 32 heavy (non-hydrogen) atoms. The van der Waals surface area contributed by atoms with Crippen LogP contribution in [0.4, 0.5) is 4.39 Å². The number of nitrogens with zero attached hydrogens (tertiary/aromatic N) is 1. The Labute approximate surface area is 190 Å². The van der Waals surface area contributed by atoms with Crippen LogP contribution in [0.5, 0.6) is 0 Å². The Kier molecular flexibility index (Phi) is 5.69. The number of rotatable bonds is 5. The molecule has 3 heteroatoms. The van der Waals surface area contributed by atoms with Gasteiger partial charge in [-0.15, -0.1) is 0 Å². The van der Waals surface area contributed by atoms with Gasteiger partial charge in [-0.25, -0.2) is 4.39 Å². The third-order valence-corrected chi connectivity index (χ3v) is 7.65. The maximum absolute atomic E-state index is 13.9. The lowest BCUT2D eigenvalue weighted by molar-refractivity contribution is 0.0734. The highest BCUT2D eigenvalue weighted by molar-refractivity contribution is 6.08. The van der Waals surface area contributed by atoms with Gasteiger partial charge in [0.15, 0.2) is 5.78 Å². The average Bonchev–Trinajstić information content (AvgIpc) is 3.14. The summed E-state index contributed by atoms with van der Waals surface area (Å²) >= 11 is 0. The summed E-state index contributed by atoms with van der Waals surface area (Å²) in [7, 11) is 0. The summed E-state index contributed by atoms with van der Waals surface area (Å²) in [4.78, 5) is 16.3. The van der Waals surface area contributed by atoms with E-state index in [1.54, 1.807) is 12.1 Å². The molecule has 3 aromatic rings. The predicted molar refractivity (Wildman–Crippen MR) is 126 cm³/mol. The number of piperidine rings is 1. The zero-order chi connectivity index (χ0) is 22.1. The second-order valence-corrected chi connectivity index (χ2v) is 9.32. The van der Waals surface area contributed by atoms with Gasteiger partial charge in [-0.1, -0.05) is 67.6 Å². The second-order valence-electron chi connectivity index (χ2n) is 9.32. The largest absolute Gasteiger partial charge is 0.299 e. The lowest BCUT2D eigenvalue weighted by Gasteiger charge is -2.42. The number of hydrogen-bond donors (Lipinski definition) is 0.